The van der Waals surface area contributed by atoms with Crippen LogP contribution in [-0.2, 0) is 6.42 Å². The maximum absolute atomic E-state index is 9.28. The molecule has 0 atom stereocenters. The number of aryl methyl sites for hydroxylation is 1. The first-order chi connectivity index (χ1) is 5.24. The Morgan fingerprint density at radius 2 is 2.18 bits per heavy atom. The molecule has 59 valence electrons. The van der Waals surface area contributed by atoms with Crippen LogP contribution in [0.3, 0.4) is 0 Å². The molecule has 0 aliphatic heterocycles. The van der Waals surface area contributed by atoms with E-state index >= 15 is 0 Å². The van der Waals surface area contributed by atoms with Gasteiger partial charge in [0.1, 0.15) is 5.75 Å². The number of phenolic OH excluding ortho intramolecular Hbond substituents is 1. The van der Waals surface area contributed by atoms with Crippen LogP contribution >= 0.6 is 11.6 Å². The number of hydrogen-bond acceptors (Lipinski definition) is 1. The lowest BCUT2D eigenvalue weighted by Gasteiger charge is -2.01. The molecule has 2 heteroatoms. The molecule has 0 spiro atoms. The van der Waals surface area contributed by atoms with Gasteiger partial charge in [0, 0.05) is 5.02 Å². The van der Waals surface area contributed by atoms with Crippen molar-refractivity contribution in [1.82, 2.24) is 0 Å². The average Bonchev–Trinajstić information content (AvgIpc) is 1.98. The zero-order valence-corrected chi connectivity index (χ0v) is 6.93. The topological polar surface area (TPSA) is 20.2 Å². The molecule has 0 bridgehead atoms. The summed E-state index contributed by atoms with van der Waals surface area (Å²) in [6.45, 7) is 3.70. The molecule has 0 fully saturated rings. The number of phenols is 1. The standard InChI is InChI=1S/C9H10ClO/c1-2-3-7-6-8(10)4-5-9(7)11/h4-6,11H,1-3H2. The van der Waals surface area contributed by atoms with Crippen molar-refractivity contribution in [2.75, 3.05) is 0 Å². The molecule has 1 radical (unpaired) electrons. The number of benzene rings is 1. The molecule has 1 rings (SSSR count). The normalized spacial score (nSPS) is 10.0. The smallest absolute Gasteiger partial charge is 0.118 e. The Morgan fingerprint density at radius 1 is 1.45 bits per heavy atom. The molecule has 1 nitrogen and oxygen atoms in total. The second-order valence-corrected chi connectivity index (χ2v) is 2.81. The van der Waals surface area contributed by atoms with Crippen molar-refractivity contribution in [3.63, 3.8) is 0 Å². The highest BCUT2D eigenvalue weighted by molar-refractivity contribution is 6.30. The highest BCUT2D eigenvalue weighted by atomic mass is 35.5. The number of rotatable bonds is 2. The highest BCUT2D eigenvalue weighted by Crippen LogP contribution is 2.22. The quantitative estimate of drug-likeness (QED) is 0.722. The first kappa shape index (κ1) is 8.41. The fourth-order valence-corrected chi connectivity index (χ4v) is 1.14. The van der Waals surface area contributed by atoms with Crippen LogP contribution in [0.2, 0.25) is 5.02 Å². The number of hydrogen-bond donors (Lipinski definition) is 1. The van der Waals surface area contributed by atoms with Crippen LogP contribution < -0.4 is 0 Å². The van der Waals surface area contributed by atoms with E-state index in [-0.39, 0.29) is 0 Å². The van der Waals surface area contributed by atoms with Gasteiger partial charge in [-0.3, -0.25) is 0 Å². The van der Waals surface area contributed by atoms with Crippen molar-refractivity contribution in [2.45, 2.75) is 12.8 Å². The van der Waals surface area contributed by atoms with Crippen molar-refractivity contribution < 1.29 is 5.11 Å². The van der Waals surface area contributed by atoms with Crippen molar-refractivity contribution in [3.8, 4) is 5.75 Å². The molecule has 0 aliphatic carbocycles. The fraction of sp³-hybridized carbons (Fsp3) is 0.222. The average molecular weight is 170 g/mol. The van der Waals surface area contributed by atoms with Gasteiger partial charge in [-0.05, 0) is 36.6 Å². The van der Waals surface area contributed by atoms with E-state index in [1.807, 2.05) is 0 Å². The van der Waals surface area contributed by atoms with Gasteiger partial charge in [0.2, 0.25) is 0 Å². The van der Waals surface area contributed by atoms with E-state index in [9.17, 15) is 5.11 Å². The fourth-order valence-electron chi connectivity index (χ4n) is 0.945. The van der Waals surface area contributed by atoms with E-state index in [1.54, 1.807) is 18.2 Å². The minimum absolute atomic E-state index is 0.304. The summed E-state index contributed by atoms with van der Waals surface area (Å²) in [7, 11) is 0. The molecule has 0 saturated carbocycles. The Hall–Kier alpha value is -0.690. The van der Waals surface area contributed by atoms with Crippen LogP contribution in [0.5, 0.6) is 5.75 Å². The van der Waals surface area contributed by atoms with Gasteiger partial charge in [-0.2, -0.15) is 0 Å². The lowest BCUT2D eigenvalue weighted by atomic mass is 10.1. The predicted octanol–water partition coefficient (Wildman–Crippen LogP) is 2.81. The highest BCUT2D eigenvalue weighted by Gasteiger charge is 1.99. The zero-order valence-electron chi connectivity index (χ0n) is 6.18. The Kier molecular flexibility index (Phi) is 2.77. The minimum atomic E-state index is 0.304. The van der Waals surface area contributed by atoms with Gasteiger partial charge in [0.15, 0.2) is 0 Å². The third-order valence-corrected chi connectivity index (χ3v) is 1.72. The molecule has 0 heterocycles. The summed E-state index contributed by atoms with van der Waals surface area (Å²) in [6, 6.07) is 5.04. The molecular formula is C9H10ClO. The van der Waals surface area contributed by atoms with Crippen LogP contribution in [0, 0.1) is 6.92 Å². The summed E-state index contributed by atoms with van der Waals surface area (Å²) in [6.07, 6.45) is 1.54. The van der Waals surface area contributed by atoms with Gasteiger partial charge >= 0.3 is 0 Å². The van der Waals surface area contributed by atoms with E-state index in [2.05, 4.69) is 6.92 Å². The number of aromatic hydroxyl groups is 1. The molecule has 1 aromatic carbocycles. The Bertz CT molecular complexity index is 245. The van der Waals surface area contributed by atoms with Gasteiger partial charge in [0.05, 0.1) is 0 Å². The summed E-state index contributed by atoms with van der Waals surface area (Å²) in [5, 5.41) is 9.94. The largest absolute Gasteiger partial charge is 0.508 e. The third-order valence-electron chi connectivity index (χ3n) is 1.49. The predicted molar refractivity (Wildman–Crippen MR) is 46.8 cm³/mol. The van der Waals surface area contributed by atoms with E-state index in [4.69, 9.17) is 11.6 Å². The molecule has 0 aromatic heterocycles. The van der Waals surface area contributed by atoms with E-state index in [0.29, 0.717) is 10.8 Å². The number of halogens is 1. The maximum atomic E-state index is 9.28. The van der Waals surface area contributed by atoms with Crippen LogP contribution in [-0.4, -0.2) is 5.11 Å². The SMILES string of the molecule is [CH2]CCc1cc(Cl)ccc1O. The third kappa shape index (κ3) is 2.12. The lowest BCUT2D eigenvalue weighted by Crippen LogP contribution is -1.83. The van der Waals surface area contributed by atoms with E-state index in [0.717, 1.165) is 18.4 Å². The zero-order chi connectivity index (χ0) is 8.27. The van der Waals surface area contributed by atoms with Gasteiger partial charge in [-0.15, -0.1) is 0 Å². The molecule has 0 unspecified atom stereocenters. The minimum Gasteiger partial charge on any atom is -0.508 e. The van der Waals surface area contributed by atoms with Gasteiger partial charge in [-0.25, -0.2) is 0 Å². The first-order valence-electron chi connectivity index (χ1n) is 3.50. The van der Waals surface area contributed by atoms with Gasteiger partial charge in [0.25, 0.3) is 0 Å². The Labute approximate surface area is 71.6 Å². The molecular weight excluding hydrogens is 160 g/mol. The van der Waals surface area contributed by atoms with Crippen molar-refractivity contribution in [2.24, 2.45) is 0 Å². The maximum Gasteiger partial charge on any atom is 0.118 e. The second-order valence-electron chi connectivity index (χ2n) is 2.38. The summed E-state index contributed by atoms with van der Waals surface area (Å²) in [5.41, 5.74) is 0.868. The molecule has 0 amide bonds. The summed E-state index contributed by atoms with van der Waals surface area (Å²) in [5.74, 6) is 0.304. The summed E-state index contributed by atoms with van der Waals surface area (Å²) >= 11 is 5.72. The molecule has 11 heavy (non-hydrogen) atoms. The summed E-state index contributed by atoms with van der Waals surface area (Å²) < 4.78 is 0. The monoisotopic (exact) mass is 169 g/mol. The Balaban J connectivity index is 2.93. The summed E-state index contributed by atoms with van der Waals surface area (Å²) in [4.78, 5) is 0. The van der Waals surface area contributed by atoms with Crippen LogP contribution in [0.15, 0.2) is 18.2 Å². The molecule has 0 aliphatic rings. The Morgan fingerprint density at radius 3 is 2.82 bits per heavy atom. The lowest BCUT2D eigenvalue weighted by molar-refractivity contribution is 0.468. The van der Waals surface area contributed by atoms with Gasteiger partial charge in [-0.1, -0.05) is 18.5 Å². The van der Waals surface area contributed by atoms with Crippen LogP contribution in [0.1, 0.15) is 12.0 Å². The van der Waals surface area contributed by atoms with Gasteiger partial charge < -0.3 is 5.11 Å². The molecule has 1 aromatic rings. The van der Waals surface area contributed by atoms with E-state index in [1.165, 1.54) is 0 Å². The first-order valence-corrected chi connectivity index (χ1v) is 3.88. The van der Waals surface area contributed by atoms with Crippen molar-refractivity contribution >= 4 is 11.6 Å². The van der Waals surface area contributed by atoms with Crippen molar-refractivity contribution in [3.05, 3.63) is 35.7 Å². The van der Waals surface area contributed by atoms with Crippen molar-refractivity contribution in [1.29, 1.82) is 0 Å². The van der Waals surface area contributed by atoms with E-state index < -0.39 is 0 Å². The van der Waals surface area contributed by atoms with Crippen LogP contribution in [0.25, 0.3) is 0 Å². The molecule has 0 saturated heterocycles. The van der Waals surface area contributed by atoms with Crippen LogP contribution in [0.4, 0.5) is 0 Å². The second kappa shape index (κ2) is 3.63. The molecule has 1 N–H and O–H groups in total.